The average molecular weight is 278 g/mol. The van der Waals surface area contributed by atoms with Crippen LogP contribution >= 0.6 is 12.2 Å². The van der Waals surface area contributed by atoms with Gasteiger partial charge in [0.25, 0.3) is 0 Å². The first-order valence-electron chi connectivity index (χ1n) is 6.91. The van der Waals surface area contributed by atoms with Gasteiger partial charge in [0.1, 0.15) is 0 Å². The quantitative estimate of drug-likeness (QED) is 0.828. The van der Waals surface area contributed by atoms with Gasteiger partial charge in [-0.1, -0.05) is 26.0 Å². The van der Waals surface area contributed by atoms with Gasteiger partial charge in [-0.15, -0.1) is 0 Å². The van der Waals surface area contributed by atoms with Gasteiger partial charge in [-0.05, 0) is 48.7 Å². The molecule has 0 aliphatic carbocycles. The molecule has 0 bridgehead atoms. The second-order valence-corrected chi connectivity index (χ2v) is 5.66. The van der Waals surface area contributed by atoms with Gasteiger partial charge in [-0.25, -0.2) is 0 Å². The number of rotatable bonds is 4. The van der Waals surface area contributed by atoms with Gasteiger partial charge < -0.3 is 15.4 Å². The molecule has 104 valence electrons. The molecule has 1 heterocycles. The molecule has 1 fully saturated rings. The number of hydrogen-bond donors (Lipinski definition) is 2. The molecule has 1 atom stereocenters. The monoisotopic (exact) mass is 278 g/mol. The zero-order valence-electron chi connectivity index (χ0n) is 11.6. The summed E-state index contributed by atoms with van der Waals surface area (Å²) >= 11 is 5.28. The number of thiocarbonyl (C=S) groups is 1. The minimum atomic E-state index is 0.308. The summed E-state index contributed by atoms with van der Waals surface area (Å²) in [5, 5.41) is 7.06. The van der Waals surface area contributed by atoms with Crippen molar-refractivity contribution in [1.29, 1.82) is 0 Å². The van der Waals surface area contributed by atoms with Crippen LogP contribution in [-0.4, -0.2) is 24.4 Å². The molecule has 19 heavy (non-hydrogen) atoms. The lowest BCUT2D eigenvalue weighted by molar-refractivity contribution is 0.114. The van der Waals surface area contributed by atoms with Crippen LogP contribution in [-0.2, 0) is 4.74 Å². The smallest absolute Gasteiger partial charge is 0.170 e. The van der Waals surface area contributed by atoms with E-state index in [9.17, 15) is 0 Å². The fraction of sp³-hybridized carbons (Fsp3) is 0.533. The normalized spacial score (nSPS) is 18.6. The zero-order chi connectivity index (χ0) is 13.7. The van der Waals surface area contributed by atoms with Crippen molar-refractivity contribution in [2.45, 2.75) is 38.7 Å². The summed E-state index contributed by atoms with van der Waals surface area (Å²) in [5.74, 6) is 0.554. The van der Waals surface area contributed by atoms with Gasteiger partial charge in [0, 0.05) is 18.8 Å². The fourth-order valence-corrected chi connectivity index (χ4v) is 2.34. The van der Waals surface area contributed by atoms with Crippen molar-refractivity contribution in [2.75, 3.05) is 18.5 Å². The Morgan fingerprint density at radius 2 is 2.11 bits per heavy atom. The maximum atomic E-state index is 5.55. The molecule has 1 aromatic carbocycles. The minimum absolute atomic E-state index is 0.308. The molecule has 4 heteroatoms. The molecule has 1 saturated heterocycles. The summed E-state index contributed by atoms with van der Waals surface area (Å²) in [6, 6.07) is 8.40. The summed E-state index contributed by atoms with van der Waals surface area (Å²) < 4.78 is 5.55. The lowest BCUT2D eigenvalue weighted by Gasteiger charge is -2.14. The number of ether oxygens (including phenoxy) is 1. The fourth-order valence-electron chi connectivity index (χ4n) is 2.14. The average Bonchev–Trinajstić information content (AvgIpc) is 2.90. The molecule has 0 saturated carbocycles. The Morgan fingerprint density at radius 3 is 2.68 bits per heavy atom. The van der Waals surface area contributed by atoms with Crippen LogP contribution in [0.15, 0.2) is 24.3 Å². The second kappa shape index (κ2) is 6.87. The van der Waals surface area contributed by atoms with E-state index < -0.39 is 0 Å². The van der Waals surface area contributed by atoms with Crippen molar-refractivity contribution in [3.05, 3.63) is 29.8 Å². The molecule has 2 N–H and O–H groups in total. The molecule has 0 unspecified atom stereocenters. The van der Waals surface area contributed by atoms with Crippen molar-refractivity contribution in [1.82, 2.24) is 5.32 Å². The van der Waals surface area contributed by atoms with Gasteiger partial charge in [0.05, 0.1) is 6.10 Å². The summed E-state index contributed by atoms with van der Waals surface area (Å²) in [4.78, 5) is 0. The molecule has 2 rings (SSSR count). The molecular weight excluding hydrogens is 256 g/mol. The topological polar surface area (TPSA) is 33.3 Å². The largest absolute Gasteiger partial charge is 0.376 e. The maximum Gasteiger partial charge on any atom is 0.170 e. The molecule has 3 nitrogen and oxygen atoms in total. The first-order valence-corrected chi connectivity index (χ1v) is 7.32. The van der Waals surface area contributed by atoms with Crippen LogP contribution in [0, 0.1) is 0 Å². The van der Waals surface area contributed by atoms with Crippen molar-refractivity contribution in [3.8, 4) is 0 Å². The van der Waals surface area contributed by atoms with E-state index in [0.29, 0.717) is 17.1 Å². The lowest BCUT2D eigenvalue weighted by Crippen LogP contribution is -2.34. The highest BCUT2D eigenvalue weighted by atomic mass is 32.1. The zero-order valence-corrected chi connectivity index (χ0v) is 12.4. The van der Waals surface area contributed by atoms with E-state index in [-0.39, 0.29) is 0 Å². The SMILES string of the molecule is CC(C)c1ccc(NC(=S)NC[C@H]2CCCO2)cc1. The Morgan fingerprint density at radius 1 is 1.37 bits per heavy atom. The molecular formula is C15H22N2OS. The first kappa shape index (κ1) is 14.3. The third kappa shape index (κ3) is 4.48. The van der Waals surface area contributed by atoms with Crippen LogP contribution in [0.5, 0.6) is 0 Å². The minimum Gasteiger partial charge on any atom is -0.376 e. The Balaban J connectivity index is 1.77. The summed E-state index contributed by atoms with van der Waals surface area (Å²) in [6.07, 6.45) is 2.59. The summed E-state index contributed by atoms with van der Waals surface area (Å²) in [5.41, 5.74) is 2.36. The van der Waals surface area contributed by atoms with E-state index in [1.54, 1.807) is 0 Å². The van der Waals surface area contributed by atoms with Crippen molar-refractivity contribution < 1.29 is 4.74 Å². The second-order valence-electron chi connectivity index (χ2n) is 5.25. The number of anilines is 1. The van der Waals surface area contributed by atoms with Gasteiger partial charge >= 0.3 is 0 Å². The van der Waals surface area contributed by atoms with Crippen LogP contribution < -0.4 is 10.6 Å². The van der Waals surface area contributed by atoms with E-state index in [1.807, 2.05) is 0 Å². The molecule has 0 spiro atoms. The van der Waals surface area contributed by atoms with Crippen LogP contribution in [0.3, 0.4) is 0 Å². The van der Waals surface area contributed by atoms with Gasteiger partial charge in [0.2, 0.25) is 0 Å². The van der Waals surface area contributed by atoms with Crippen LogP contribution in [0.1, 0.15) is 38.2 Å². The first-order chi connectivity index (χ1) is 9.15. The van der Waals surface area contributed by atoms with E-state index in [1.165, 1.54) is 5.56 Å². The molecule has 0 amide bonds. The number of benzene rings is 1. The van der Waals surface area contributed by atoms with Crippen molar-refractivity contribution >= 4 is 23.0 Å². The van der Waals surface area contributed by atoms with Crippen molar-refractivity contribution in [3.63, 3.8) is 0 Å². The maximum absolute atomic E-state index is 5.55. The summed E-state index contributed by atoms with van der Waals surface area (Å²) in [7, 11) is 0. The van der Waals surface area contributed by atoms with Crippen LogP contribution in [0.4, 0.5) is 5.69 Å². The van der Waals surface area contributed by atoms with Gasteiger partial charge in [-0.2, -0.15) is 0 Å². The van der Waals surface area contributed by atoms with Crippen LogP contribution in [0.2, 0.25) is 0 Å². The molecule has 1 aliphatic heterocycles. The molecule has 0 aromatic heterocycles. The van der Waals surface area contributed by atoms with Crippen molar-refractivity contribution in [2.24, 2.45) is 0 Å². The summed E-state index contributed by atoms with van der Waals surface area (Å²) in [6.45, 7) is 6.05. The molecule has 1 aliphatic rings. The van der Waals surface area contributed by atoms with E-state index in [4.69, 9.17) is 17.0 Å². The van der Waals surface area contributed by atoms with Gasteiger partial charge in [-0.3, -0.25) is 0 Å². The lowest BCUT2D eigenvalue weighted by atomic mass is 10.0. The van der Waals surface area contributed by atoms with E-state index >= 15 is 0 Å². The molecule has 1 aromatic rings. The molecule has 0 radical (unpaired) electrons. The Hall–Kier alpha value is -1.13. The highest BCUT2D eigenvalue weighted by Gasteiger charge is 2.15. The Kier molecular flexibility index (Phi) is 5.16. The number of hydrogen-bond acceptors (Lipinski definition) is 2. The standard InChI is InChI=1S/C15H22N2OS/c1-11(2)12-5-7-13(8-6-12)17-15(19)16-10-14-4-3-9-18-14/h5-8,11,14H,3-4,9-10H2,1-2H3,(H2,16,17,19)/t14-/m1/s1. The Bertz CT molecular complexity index is 411. The van der Waals surface area contributed by atoms with Crippen LogP contribution in [0.25, 0.3) is 0 Å². The predicted molar refractivity (Wildman–Crippen MR) is 83.7 cm³/mol. The Labute approximate surface area is 120 Å². The third-order valence-electron chi connectivity index (χ3n) is 3.35. The van der Waals surface area contributed by atoms with Gasteiger partial charge in [0.15, 0.2) is 5.11 Å². The predicted octanol–water partition coefficient (Wildman–Crippen LogP) is 3.28. The third-order valence-corrected chi connectivity index (χ3v) is 3.60. The highest BCUT2D eigenvalue weighted by Crippen LogP contribution is 2.17. The number of nitrogens with one attached hydrogen (secondary N) is 2. The van der Waals surface area contributed by atoms with E-state index in [2.05, 4.69) is 48.7 Å². The van der Waals surface area contributed by atoms with E-state index in [0.717, 1.165) is 31.7 Å². The highest BCUT2D eigenvalue weighted by molar-refractivity contribution is 7.80.